The van der Waals surface area contributed by atoms with E-state index in [0.29, 0.717) is 5.92 Å². The summed E-state index contributed by atoms with van der Waals surface area (Å²) in [4.78, 5) is 24.5. The van der Waals surface area contributed by atoms with Crippen LogP contribution in [-0.2, 0) is 19.1 Å². The second-order valence-corrected chi connectivity index (χ2v) is 15.8. The second-order valence-electron chi connectivity index (χ2n) is 15.8. The summed E-state index contributed by atoms with van der Waals surface area (Å²) >= 11 is 0. The van der Waals surface area contributed by atoms with Crippen LogP contribution in [0.5, 0.6) is 0 Å². The monoisotopic (exact) mass is 526 g/mol. The predicted molar refractivity (Wildman–Crippen MR) is 151 cm³/mol. The third-order valence-corrected chi connectivity index (χ3v) is 13.3. The summed E-state index contributed by atoms with van der Waals surface area (Å²) in [6.45, 7) is 20.0. The lowest BCUT2D eigenvalue weighted by Crippen LogP contribution is -2.58. The Hall–Kier alpha value is -1.32. The molecule has 0 saturated heterocycles. The van der Waals surface area contributed by atoms with Gasteiger partial charge in [-0.2, -0.15) is 0 Å². The molecule has 5 aliphatic rings. The number of carbonyl (C=O) groups is 2. The predicted octanol–water partition coefficient (Wildman–Crippen LogP) is 8.49. The van der Waals surface area contributed by atoms with Crippen molar-refractivity contribution < 1.29 is 19.1 Å². The highest BCUT2D eigenvalue weighted by Gasteiger charge is 2.83. The zero-order valence-electron chi connectivity index (χ0n) is 25.7. The lowest BCUT2D eigenvalue weighted by Gasteiger charge is -2.62. The number of allylic oxidation sites excluding steroid dienone is 2. The first-order valence-electron chi connectivity index (χ1n) is 15.7. The molecule has 0 heterocycles. The van der Waals surface area contributed by atoms with E-state index in [0.717, 1.165) is 36.4 Å². The molecule has 5 rings (SSSR count). The number of rotatable bonds is 7. The number of fused-ring (bicyclic) bond motifs is 2. The molecule has 2 spiro atoms. The molecule has 0 aliphatic heterocycles. The molecule has 4 saturated carbocycles. The molecule has 0 aromatic heterocycles. The minimum Gasteiger partial charge on any atom is -0.462 e. The van der Waals surface area contributed by atoms with E-state index in [2.05, 4.69) is 54.5 Å². The summed E-state index contributed by atoms with van der Waals surface area (Å²) in [7, 11) is 0. The molecule has 0 amide bonds. The Labute approximate surface area is 232 Å². The number of hydrogen-bond donors (Lipinski definition) is 0. The van der Waals surface area contributed by atoms with E-state index < -0.39 is 0 Å². The van der Waals surface area contributed by atoms with Gasteiger partial charge >= 0.3 is 11.9 Å². The van der Waals surface area contributed by atoms with Crippen LogP contribution in [0.1, 0.15) is 127 Å². The quantitative estimate of drug-likeness (QED) is 0.312. The Morgan fingerprint density at radius 1 is 0.895 bits per heavy atom. The summed E-state index contributed by atoms with van der Waals surface area (Å²) in [5.74, 6) is 3.38. The minimum atomic E-state index is -0.197. The van der Waals surface area contributed by atoms with Crippen LogP contribution in [0.4, 0.5) is 0 Å². The SMILES string of the molecule is CC(=O)OC1=C[C@H]2C(C)(C)C(OC(C)=O)CC[C@@]23C[C@@]32CC[C@]3(C)[C@@H]([C@H](C)CCCC(C)C)CC[C@@]3(C)[C@H]12. The highest BCUT2D eigenvalue weighted by molar-refractivity contribution is 5.68. The Morgan fingerprint density at radius 2 is 1.61 bits per heavy atom. The number of ether oxygens (including phenoxy) is 2. The molecule has 0 aromatic carbocycles. The topological polar surface area (TPSA) is 52.6 Å². The van der Waals surface area contributed by atoms with Crippen molar-refractivity contribution in [2.24, 2.45) is 56.7 Å². The molecule has 9 atom stereocenters. The van der Waals surface area contributed by atoms with Gasteiger partial charge < -0.3 is 9.47 Å². The molecule has 1 unspecified atom stereocenters. The van der Waals surface area contributed by atoms with E-state index in [4.69, 9.17) is 9.47 Å². The summed E-state index contributed by atoms with van der Waals surface area (Å²) < 4.78 is 12.1. The first-order valence-corrected chi connectivity index (χ1v) is 15.7. The van der Waals surface area contributed by atoms with Gasteiger partial charge in [-0.15, -0.1) is 0 Å². The number of hydrogen-bond acceptors (Lipinski definition) is 4. The van der Waals surface area contributed by atoms with Crippen LogP contribution in [0.2, 0.25) is 0 Å². The molecule has 4 heteroatoms. The highest BCUT2D eigenvalue weighted by atomic mass is 16.5. The van der Waals surface area contributed by atoms with Crippen molar-refractivity contribution in [3.63, 3.8) is 0 Å². The summed E-state index contributed by atoms with van der Waals surface area (Å²) in [5.41, 5.74) is 0.663. The van der Waals surface area contributed by atoms with Crippen molar-refractivity contribution in [2.45, 2.75) is 133 Å². The van der Waals surface area contributed by atoms with Crippen LogP contribution in [-0.4, -0.2) is 18.0 Å². The van der Waals surface area contributed by atoms with Crippen LogP contribution >= 0.6 is 0 Å². The largest absolute Gasteiger partial charge is 0.462 e. The van der Waals surface area contributed by atoms with Gasteiger partial charge in [0.15, 0.2) is 0 Å². The maximum Gasteiger partial charge on any atom is 0.307 e. The third kappa shape index (κ3) is 3.80. The molecular weight excluding hydrogens is 472 g/mol. The van der Waals surface area contributed by atoms with E-state index in [1.807, 2.05) is 0 Å². The van der Waals surface area contributed by atoms with Crippen LogP contribution in [0.25, 0.3) is 0 Å². The Morgan fingerprint density at radius 3 is 2.24 bits per heavy atom. The molecule has 5 aliphatic carbocycles. The van der Waals surface area contributed by atoms with Gasteiger partial charge in [0.25, 0.3) is 0 Å². The van der Waals surface area contributed by atoms with Gasteiger partial charge in [0.05, 0.1) is 0 Å². The van der Waals surface area contributed by atoms with Gasteiger partial charge in [-0.25, -0.2) is 0 Å². The molecule has 4 nitrogen and oxygen atoms in total. The van der Waals surface area contributed by atoms with Gasteiger partial charge in [0.2, 0.25) is 0 Å². The lowest BCUT2D eigenvalue weighted by molar-refractivity contribution is -0.170. The Balaban J connectivity index is 1.52. The smallest absolute Gasteiger partial charge is 0.307 e. The zero-order valence-corrected chi connectivity index (χ0v) is 25.7. The highest BCUT2D eigenvalue weighted by Crippen LogP contribution is 2.89. The van der Waals surface area contributed by atoms with Crippen molar-refractivity contribution in [2.75, 3.05) is 0 Å². The summed E-state index contributed by atoms with van der Waals surface area (Å²) in [5, 5.41) is 0. The first-order chi connectivity index (χ1) is 17.6. The van der Waals surface area contributed by atoms with Crippen molar-refractivity contribution in [1.29, 1.82) is 0 Å². The Bertz CT molecular complexity index is 1010. The van der Waals surface area contributed by atoms with E-state index in [9.17, 15) is 9.59 Å². The van der Waals surface area contributed by atoms with Crippen molar-refractivity contribution >= 4 is 11.9 Å². The molecule has 0 bridgehead atoms. The normalized spacial score (nSPS) is 45.2. The average molecular weight is 527 g/mol. The molecule has 38 heavy (non-hydrogen) atoms. The summed E-state index contributed by atoms with van der Waals surface area (Å²) in [6.07, 6.45) is 14.6. The maximum absolute atomic E-state index is 12.5. The van der Waals surface area contributed by atoms with Crippen molar-refractivity contribution in [1.82, 2.24) is 0 Å². The van der Waals surface area contributed by atoms with Crippen LogP contribution in [0.15, 0.2) is 11.8 Å². The Kier molecular flexibility index (Phi) is 6.76. The van der Waals surface area contributed by atoms with Gasteiger partial charge in [-0.1, -0.05) is 67.7 Å². The molecule has 0 aromatic rings. The summed E-state index contributed by atoms with van der Waals surface area (Å²) in [6, 6.07) is 0. The van der Waals surface area contributed by atoms with Crippen LogP contribution in [0, 0.1) is 56.7 Å². The molecular formula is C34H54O4. The van der Waals surface area contributed by atoms with E-state index in [1.165, 1.54) is 58.3 Å². The van der Waals surface area contributed by atoms with E-state index in [-0.39, 0.29) is 51.0 Å². The molecule has 214 valence electrons. The van der Waals surface area contributed by atoms with Gasteiger partial charge in [-0.05, 0) is 96.4 Å². The molecule has 4 fully saturated rings. The average Bonchev–Trinajstić information content (AvgIpc) is 3.36. The van der Waals surface area contributed by atoms with Gasteiger partial charge in [-0.3, -0.25) is 9.59 Å². The third-order valence-electron chi connectivity index (χ3n) is 13.3. The van der Waals surface area contributed by atoms with Gasteiger partial charge in [0.1, 0.15) is 11.9 Å². The fraction of sp³-hybridized carbons (Fsp3) is 0.882. The van der Waals surface area contributed by atoms with E-state index >= 15 is 0 Å². The lowest BCUT2D eigenvalue weighted by atomic mass is 9.43. The number of esters is 2. The fourth-order valence-corrected chi connectivity index (χ4v) is 11.3. The van der Waals surface area contributed by atoms with Crippen LogP contribution in [0.3, 0.4) is 0 Å². The standard InChI is InChI=1S/C34H54O4/c1-21(2)11-10-12-22(3)25-13-15-32(9)29-26(37-23(4)35)19-27-30(6,7)28(38-24(5)36)14-16-33(27)20-34(29,33)18-17-31(25,32)8/h19,21-22,25,27-29H,10-18,20H2,1-9H3/t22-,25-,27+,28?,29+,31-,32+,33-,34-/m1/s1. The second kappa shape index (κ2) is 9.10. The zero-order chi connectivity index (χ0) is 27.9. The van der Waals surface area contributed by atoms with E-state index in [1.54, 1.807) is 6.92 Å². The van der Waals surface area contributed by atoms with Crippen LogP contribution < -0.4 is 0 Å². The van der Waals surface area contributed by atoms with Gasteiger partial charge in [0, 0.05) is 25.2 Å². The fourth-order valence-electron chi connectivity index (χ4n) is 11.3. The van der Waals surface area contributed by atoms with Crippen molar-refractivity contribution in [3.8, 4) is 0 Å². The number of carbonyl (C=O) groups excluding carboxylic acids is 2. The minimum absolute atomic E-state index is 0.0911. The molecule has 0 N–H and O–H groups in total. The maximum atomic E-state index is 12.5. The molecule has 0 radical (unpaired) electrons. The van der Waals surface area contributed by atoms with Crippen molar-refractivity contribution in [3.05, 3.63) is 11.8 Å². The first kappa shape index (κ1) is 28.2.